The number of nitrogens with one attached hydrogen (secondary N) is 4. The third kappa shape index (κ3) is 9.10. The quantitative estimate of drug-likeness (QED) is 0.208. The summed E-state index contributed by atoms with van der Waals surface area (Å²) in [6, 6.07) is 5.59. The van der Waals surface area contributed by atoms with Gasteiger partial charge in [0, 0.05) is 28.4 Å². The van der Waals surface area contributed by atoms with E-state index in [2.05, 4.69) is 21.3 Å². The summed E-state index contributed by atoms with van der Waals surface area (Å²) >= 11 is 6.20. The van der Waals surface area contributed by atoms with Gasteiger partial charge < -0.3 is 26.0 Å². The first-order valence-corrected chi connectivity index (χ1v) is 18.7. The molecule has 10 nitrogen and oxygen atoms in total. The van der Waals surface area contributed by atoms with E-state index in [1.807, 2.05) is 24.3 Å². The Balaban J connectivity index is 1.13. The van der Waals surface area contributed by atoms with Crippen molar-refractivity contribution >= 4 is 41.2 Å². The number of alkyl carbamates (subject to hydrolysis) is 1. The Morgan fingerprint density at radius 1 is 0.896 bits per heavy atom. The largest absolute Gasteiger partial charge is 0.446 e. The van der Waals surface area contributed by atoms with E-state index in [0.717, 1.165) is 102 Å². The molecule has 1 aromatic carbocycles. The van der Waals surface area contributed by atoms with Crippen LogP contribution < -0.4 is 21.3 Å². The van der Waals surface area contributed by atoms with Gasteiger partial charge >= 0.3 is 6.09 Å². The zero-order valence-electron chi connectivity index (χ0n) is 27.9. The molecule has 4 amide bonds. The molecule has 4 N–H and O–H groups in total. The maximum atomic E-state index is 14.0. The zero-order chi connectivity index (χ0) is 33.7. The van der Waals surface area contributed by atoms with Crippen LogP contribution in [-0.4, -0.2) is 59.4 Å². The minimum absolute atomic E-state index is 0.0249. The Morgan fingerprint density at radius 3 is 2.40 bits per heavy atom. The monoisotopic (exact) mass is 682 g/mol. The molecule has 0 aromatic heterocycles. The minimum Gasteiger partial charge on any atom is -0.446 e. The summed E-state index contributed by atoms with van der Waals surface area (Å²) in [5.41, 5.74) is 0.837. The number of hydrogen-bond acceptors (Lipinski definition) is 6. The van der Waals surface area contributed by atoms with Crippen molar-refractivity contribution < 1.29 is 28.7 Å². The predicted molar refractivity (Wildman–Crippen MR) is 181 cm³/mol. The molecule has 1 aromatic rings. The molecule has 2 unspecified atom stereocenters. The van der Waals surface area contributed by atoms with Crippen molar-refractivity contribution in [2.75, 3.05) is 0 Å². The SMILES string of the molecule is O=C(N[C@@H](CC1CCCCC1)C(=O)N[C@@H](C[C@@H]1CC2(CCCC2)NC1=O)C(=O)C(=O)NC1CC1)OC1CCCC1Cc1cccc(Cl)c1. The van der Waals surface area contributed by atoms with Gasteiger partial charge in [0.15, 0.2) is 0 Å². The number of amides is 4. The van der Waals surface area contributed by atoms with Crippen molar-refractivity contribution in [2.24, 2.45) is 17.8 Å². The standard InChI is InChI=1S/C37H51ClN4O6/c38-27-12-6-10-24(19-27)18-25-11-7-13-31(25)48-36(47)41-30(20-23-8-2-1-3-9-23)34(45)40-29(32(43)35(46)39-28-14-15-28)21-26-22-37(42-33(26)44)16-4-5-17-37/h6,10,12,19,23,25-26,28-31H,1-5,7-9,11,13-18,20-22H2,(H,39,46)(H,40,45)(H,41,47)(H,42,44)/t25?,26-,29+,30+,31?/m1/s1. The summed E-state index contributed by atoms with van der Waals surface area (Å²) in [5, 5.41) is 12.3. The summed E-state index contributed by atoms with van der Waals surface area (Å²) in [7, 11) is 0. The van der Waals surface area contributed by atoms with Crippen LogP contribution in [0.15, 0.2) is 24.3 Å². The van der Waals surface area contributed by atoms with Crippen LogP contribution in [-0.2, 0) is 30.3 Å². The van der Waals surface area contributed by atoms with E-state index in [-0.39, 0.29) is 41.8 Å². The maximum Gasteiger partial charge on any atom is 0.408 e. The van der Waals surface area contributed by atoms with Crippen LogP contribution in [0.5, 0.6) is 0 Å². The molecule has 5 atom stereocenters. The van der Waals surface area contributed by atoms with Gasteiger partial charge in [0.1, 0.15) is 12.1 Å². The Morgan fingerprint density at radius 2 is 1.67 bits per heavy atom. The third-order valence-electron chi connectivity index (χ3n) is 11.4. The van der Waals surface area contributed by atoms with Gasteiger partial charge in [-0.2, -0.15) is 0 Å². The number of carbonyl (C=O) groups is 5. The number of halogens is 1. The molecule has 1 spiro atoms. The zero-order valence-corrected chi connectivity index (χ0v) is 28.7. The van der Waals surface area contributed by atoms with Gasteiger partial charge in [0.05, 0.1) is 6.04 Å². The molecular weight excluding hydrogens is 632 g/mol. The van der Waals surface area contributed by atoms with Crippen LogP contribution in [0.3, 0.4) is 0 Å². The fraction of sp³-hybridized carbons (Fsp3) is 0.703. The summed E-state index contributed by atoms with van der Waals surface area (Å²) < 4.78 is 5.97. The first-order valence-electron chi connectivity index (χ1n) is 18.3. The van der Waals surface area contributed by atoms with Crippen molar-refractivity contribution in [2.45, 2.75) is 145 Å². The number of Topliss-reactive ketones (excluding diaryl/α,β-unsaturated/α-hetero) is 1. The number of ketones is 1. The van der Waals surface area contributed by atoms with E-state index >= 15 is 0 Å². The second-order valence-electron chi connectivity index (χ2n) is 15.2. The smallest absolute Gasteiger partial charge is 0.408 e. The Bertz CT molecular complexity index is 1350. The van der Waals surface area contributed by atoms with Crippen LogP contribution in [0.4, 0.5) is 4.79 Å². The molecule has 1 heterocycles. The summed E-state index contributed by atoms with van der Waals surface area (Å²) in [5.74, 6) is -2.23. The molecular formula is C37H51ClN4O6. The molecule has 0 bridgehead atoms. The molecule has 4 saturated carbocycles. The van der Waals surface area contributed by atoms with Gasteiger partial charge in [0.25, 0.3) is 5.91 Å². The van der Waals surface area contributed by atoms with E-state index in [0.29, 0.717) is 17.9 Å². The first-order chi connectivity index (χ1) is 23.2. The first kappa shape index (κ1) is 34.7. The summed E-state index contributed by atoms with van der Waals surface area (Å²) in [4.78, 5) is 67.0. The van der Waals surface area contributed by atoms with Crippen molar-refractivity contribution in [1.82, 2.24) is 21.3 Å². The van der Waals surface area contributed by atoms with Gasteiger partial charge in [-0.15, -0.1) is 0 Å². The Hall–Kier alpha value is -3.14. The lowest BCUT2D eigenvalue weighted by molar-refractivity contribution is -0.141. The average Bonchev–Trinajstić information content (AvgIpc) is 3.43. The molecule has 11 heteroatoms. The Labute approximate surface area is 288 Å². The molecule has 1 aliphatic heterocycles. The van der Waals surface area contributed by atoms with E-state index in [4.69, 9.17) is 16.3 Å². The maximum absolute atomic E-state index is 14.0. The molecule has 1 saturated heterocycles. The Kier molecular flexibility index (Phi) is 11.3. The van der Waals surface area contributed by atoms with Crippen molar-refractivity contribution in [3.63, 3.8) is 0 Å². The van der Waals surface area contributed by atoms with Gasteiger partial charge in [0.2, 0.25) is 17.6 Å². The molecule has 0 radical (unpaired) electrons. The van der Waals surface area contributed by atoms with Gasteiger partial charge in [-0.05, 0) is 94.2 Å². The highest BCUT2D eigenvalue weighted by molar-refractivity contribution is 6.38. The number of rotatable bonds is 13. The van der Waals surface area contributed by atoms with Gasteiger partial charge in [-0.25, -0.2) is 4.79 Å². The highest BCUT2D eigenvalue weighted by Crippen LogP contribution is 2.41. The van der Waals surface area contributed by atoms with E-state index in [9.17, 15) is 24.0 Å². The second-order valence-corrected chi connectivity index (χ2v) is 15.6. The van der Waals surface area contributed by atoms with Crippen LogP contribution in [0.1, 0.15) is 115 Å². The molecule has 6 rings (SSSR count). The fourth-order valence-electron chi connectivity index (χ4n) is 8.64. The summed E-state index contributed by atoms with van der Waals surface area (Å²) in [6.07, 6.45) is 14.2. The number of ether oxygens (including phenoxy) is 1. The third-order valence-corrected chi connectivity index (χ3v) is 11.6. The fourth-order valence-corrected chi connectivity index (χ4v) is 8.85. The van der Waals surface area contributed by atoms with Crippen molar-refractivity contribution in [1.29, 1.82) is 0 Å². The van der Waals surface area contributed by atoms with E-state index in [1.54, 1.807) is 0 Å². The molecule has 5 fully saturated rings. The highest BCUT2D eigenvalue weighted by Gasteiger charge is 2.47. The van der Waals surface area contributed by atoms with Crippen LogP contribution in [0.2, 0.25) is 5.02 Å². The minimum atomic E-state index is -1.17. The van der Waals surface area contributed by atoms with Crippen LogP contribution in [0, 0.1) is 17.8 Å². The van der Waals surface area contributed by atoms with Gasteiger partial charge in [-0.3, -0.25) is 19.2 Å². The lowest BCUT2D eigenvalue weighted by Gasteiger charge is -2.29. The normalized spacial score (nSPS) is 26.4. The number of benzene rings is 1. The van der Waals surface area contributed by atoms with E-state index in [1.165, 1.54) is 0 Å². The highest BCUT2D eigenvalue weighted by atomic mass is 35.5. The molecule has 262 valence electrons. The van der Waals surface area contributed by atoms with Crippen molar-refractivity contribution in [3.8, 4) is 0 Å². The lowest BCUT2D eigenvalue weighted by Crippen LogP contribution is -2.55. The van der Waals surface area contributed by atoms with Crippen LogP contribution in [0.25, 0.3) is 0 Å². The lowest BCUT2D eigenvalue weighted by atomic mass is 9.84. The predicted octanol–water partition coefficient (Wildman–Crippen LogP) is 5.29. The second kappa shape index (κ2) is 15.6. The molecule has 48 heavy (non-hydrogen) atoms. The average molecular weight is 683 g/mol. The van der Waals surface area contributed by atoms with Crippen LogP contribution >= 0.6 is 11.6 Å². The topological polar surface area (TPSA) is 143 Å². The van der Waals surface area contributed by atoms with Crippen molar-refractivity contribution in [3.05, 3.63) is 34.9 Å². The summed E-state index contributed by atoms with van der Waals surface area (Å²) in [6.45, 7) is 0. The van der Waals surface area contributed by atoms with Gasteiger partial charge in [-0.1, -0.05) is 68.7 Å². The van der Waals surface area contributed by atoms with E-state index < -0.39 is 41.7 Å². The molecule has 4 aliphatic carbocycles. The number of carbonyl (C=O) groups excluding carboxylic acids is 5. The number of hydrogen-bond donors (Lipinski definition) is 4. The molecule has 5 aliphatic rings.